The van der Waals surface area contributed by atoms with Crippen molar-refractivity contribution in [1.29, 1.82) is 0 Å². The van der Waals surface area contributed by atoms with Crippen LogP contribution in [0.25, 0.3) is 0 Å². The van der Waals surface area contributed by atoms with Crippen molar-refractivity contribution in [3.8, 4) is 0 Å². The minimum absolute atomic E-state index is 0.0170. The van der Waals surface area contributed by atoms with E-state index in [-0.39, 0.29) is 29.2 Å². The van der Waals surface area contributed by atoms with Gasteiger partial charge in [-0.3, -0.25) is 9.59 Å². The summed E-state index contributed by atoms with van der Waals surface area (Å²) in [4.78, 5) is 23.1. The maximum Gasteiger partial charge on any atom is 0.306 e. The first kappa shape index (κ1) is 15.0. The van der Waals surface area contributed by atoms with Crippen LogP contribution in [0.5, 0.6) is 0 Å². The van der Waals surface area contributed by atoms with Crippen molar-refractivity contribution in [3.63, 3.8) is 0 Å². The summed E-state index contributed by atoms with van der Waals surface area (Å²) in [6.45, 7) is 8.24. The lowest BCUT2D eigenvalue weighted by molar-refractivity contribution is -0.144. The van der Waals surface area contributed by atoms with Crippen molar-refractivity contribution < 1.29 is 14.7 Å². The molecule has 0 saturated heterocycles. The van der Waals surface area contributed by atoms with Crippen molar-refractivity contribution in [1.82, 2.24) is 5.32 Å². The van der Waals surface area contributed by atoms with E-state index >= 15 is 0 Å². The molecule has 1 amide bonds. The summed E-state index contributed by atoms with van der Waals surface area (Å²) in [6.07, 6.45) is 2.83. The molecule has 18 heavy (non-hydrogen) atoms. The molecular formula is C14H25NO3. The molecule has 0 radical (unpaired) electrons. The molecule has 0 aromatic rings. The van der Waals surface area contributed by atoms with Crippen LogP contribution in [-0.4, -0.2) is 23.0 Å². The van der Waals surface area contributed by atoms with E-state index in [9.17, 15) is 9.59 Å². The Kier molecular flexibility index (Phi) is 4.77. The molecular weight excluding hydrogens is 230 g/mol. The van der Waals surface area contributed by atoms with Gasteiger partial charge in [-0.2, -0.15) is 0 Å². The van der Waals surface area contributed by atoms with E-state index in [0.717, 1.165) is 12.8 Å². The van der Waals surface area contributed by atoms with Crippen molar-refractivity contribution in [2.75, 3.05) is 0 Å². The Morgan fingerprint density at radius 1 is 1.22 bits per heavy atom. The van der Waals surface area contributed by atoms with E-state index in [1.54, 1.807) is 0 Å². The van der Waals surface area contributed by atoms with Crippen LogP contribution in [-0.2, 0) is 9.59 Å². The summed E-state index contributed by atoms with van der Waals surface area (Å²) in [6, 6.07) is 0.0928. The number of hydrogen-bond acceptors (Lipinski definition) is 2. The maximum absolute atomic E-state index is 12.1. The quantitative estimate of drug-likeness (QED) is 0.814. The predicted molar refractivity (Wildman–Crippen MR) is 70.1 cm³/mol. The van der Waals surface area contributed by atoms with Crippen molar-refractivity contribution in [3.05, 3.63) is 0 Å². The third-order valence-corrected chi connectivity index (χ3v) is 4.05. The molecule has 0 bridgehead atoms. The average Bonchev–Trinajstić information content (AvgIpc) is 2.27. The van der Waals surface area contributed by atoms with Gasteiger partial charge in [-0.25, -0.2) is 0 Å². The molecule has 0 heterocycles. The summed E-state index contributed by atoms with van der Waals surface area (Å²) in [5, 5.41) is 12.0. The topological polar surface area (TPSA) is 66.4 Å². The molecule has 1 aliphatic rings. The van der Waals surface area contributed by atoms with Crippen LogP contribution >= 0.6 is 0 Å². The minimum Gasteiger partial charge on any atom is -0.481 e. The van der Waals surface area contributed by atoms with Gasteiger partial charge < -0.3 is 10.4 Å². The first-order valence-corrected chi connectivity index (χ1v) is 6.75. The number of hydrogen-bond donors (Lipinski definition) is 2. The van der Waals surface area contributed by atoms with E-state index in [1.165, 1.54) is 0 Å². The molecule has 2 N–H and O–H groups in total. The fourth-order valence-corrected chi connectivity index (χ4v) is 2.20. The SMILES string of the molecule is CC(NC(=O)C1CCCC(C(=O)O)C1)C(C)(C)C. The van der Waals surface area contributed by atoms with Gasteiger partial charge in [-0.05, 0) is 31.6 Å². The number of nitrogens with one attached hydrogen (secondary N) is 1. The monoisotopic (exact) mass is 255 g/mol. The molecule has 0 aliphatic heterocycles. The highest BCUT2D eigenvalue weighted by atomic mass is 16.4. The number of aliphatic carboxylic acids is 1. The van der Waals surface area contributed by atoms with Gasteiger partial charge in [0, 0.05) is 12.0 Å². The molecule has 3 atom stereocenters. The van der Waals surface area contributed by atoms with Gasteiger partial charge >= 0.3 is 5.97 Å². The van der Waals surface area contributed by atoms with Gasteiger partial charge in [-0.15, -0.1) is 0 Å². The summed E-state index contributed by atoms with van der Waals surface area (Å²) < 4.78 is 0. The van der Waals surface area contributed by atoms with E-state index < -0.39 is 5.97 Å². The summed E-state index contributed by atoms with van der Waals surface area (Å²) in [5.74, 6) is -1.23. The van der Waals surface area contributed by atoms with E-state index in [1.807, 2.05) is 6.92 Å². The Hall–Kier alpha value is -1.06. The Bertz CT molecular complexity index is 319. The number of carbonyl (C=O) groups excluding carboxylic acids is 1. The van der Waals surface area contributed by atoms with Crippen molar-refractivity contribution >= 4 is 11.9 Å². The molecule has 0 spiro atoms. The fourth-order valence-electron chi connectivity index (χ4n) is 2.20. The van der Waals surface area contributed by atoms with Gasteiger partial charge in [0.15, 0.2) is 0 Å². The van der Waals surface area contributed by atoms with Gasteiger partial charge in [0.1, 0.15) is 0 Å². The first-order valence-electron chi connectivity index (χ1n) is 6.75. The van der Waals surface area contributed by atoms with Crippen LogP contribution < -0.4 is 5.32 Å². The maximum atomic E-state index is 12.1. The number of carboxylic acid groups (broad SMARTS) is 1. The van der Waals surface area contributed by atoms with Crippen LogP contribution in [0.1, 0.15) is 53.4 Å². The van der Waals surface area contributed by atoms with E-state index in [4.69, 9.17) is 5.11 Å². The van der Waals surface area contributed by atoms with Crippen molar-refractivity contribution in [2.45, 2.75) is 59.4 Å². The lowest BCUT2D eigenvalue weighted by atomic mass is 9.80. The number of carboxylic acids is 1. The molecule has 104 valence electrons. The molecule has 0 aromatic heterocycles. The normalized spacial score (nSPS) is 26.4. The Morgan fingerprint density at radius 2 is 1.78 bits per heavy atom. The van der Waals surface area contributed by atoms with Gasteiger partial charge in [0.05, 0.1) is 5.92 Å². The Morgan fingerprint density at radius 3 is 2.28 bits per heavy atom. The van der Waals surface area contributed by atoms with Crippen LogP contribution in [0.2, 0.25) is 0 Å². The zero-order valence-corrected chi connectivity index (χ0v) is 11.8. The molecule has 1 aliphatic carbocycles. The highest BCUT2D eigenvalue weighted by Crippen LogP contribution is 2.30. The van der Waals surface area contributed by atoms with Gasteiger partial charge in [0.2, 0.25) is 5.91 Å². The lowest BCUT2D eigenvalue weighted by Gasteiger charge is -2.31. The summed E-state index contributed by atoms with van der Waals surface area (Å²) in [7, 11) is 0. The second-order valence-corrected chi connectivity index (χ2v) is 6.49. The first-order chi connectivity index (χ1) is 8.21. The fraction of sp³-hybridized carbons (Fsp3) is 0.857. The molecule has 1 fully saturated rings. The predicted octanol–water partition coefficient (Wildman–Crippen LogP) is 2.43. The lowest BCUT2D eigenvalue weighted by Crippen LogP contribution is -2.45. The molecule has 0 aromatic carbocycles. The van der Waals surface area contributed by atoms with E-state index in [0.29, 0.717) is 12.8 Å². The molecule has 1 rings (SSSR count). The van der Waals surface area contributed by atoms with Gasteiger partial charge in [0.25, 0.3) is 0 Å². The van der Waals surface area contributed by atoms with Crippen LogP contribution in [0, 0.1) is 17.3 Å². The van der Waals surface area contributed by atoms with Crippen LogP contribution in [0.4, 0.5) is 0 Å². The Balaban J connectivity index is 2.54. The molecule has 4 nitrogen and oxygen atoms in total. The largest absolute Gasteiger partial charge is 0.481 e. The van der Waals surface area contributed by atoms with Gasteiger partial charge in [-0.1, -0.05) is 27.2 Å². The smallest absolute Gasteiger partial charge is 0.306 e. The number of rotatable bonds is 3. The molecule has 4 heteroatoms. The number of carbonyl (C=O) groups is 2. The second kappa shape index (κ2) is 5.72. The van der Waals surface area contributed by atoms with E-state index in [2.05, 4.69) is 26.1 Å². The van der Waals surface area contributed by atoms with Crippen molar-refractivity contribution in [2.24, 2.45) is 17.3 Å². The van der Waals surface area contributed by atoms with Crippen LogP contribution in [0.15, 0.2) is 0 Å². The highest BCUT2D eigenvalue weighted by Gasteiger charge is 2.32. The third kappa shape index (κ3) is 4.00. The zero-order chi connectivity index (χ0) is 13.9. The minimum atomic E-state index is -0.767. The summed E-state index contributed by atoms with van der Waals surface area (Å²) in [5.41, 5.74) is 0.0243. The third-order valence-electron chi connectivity index (χ3n) is 4.05. The Labute approximate surface area is 109 Å². The highest BCUT2D eigenvalue weighted by molar-refractivity contribution is 5.80. The molecule has 3 unspecified atom stereocenters. The second-order valence-electron chi connectivity index (χ2n) is 6.49. The van der Waals surface area contributed by atoms with Crippen LogP contribution in [0.3, 0.4) is 0 Å². The standard InChI is InChI=1S/C14H25NO3/c1-9(14(2,3)4)15-12(16)10-6-5-7-11(8-10)13(17)18/h9-11H,5-8H2,1-4H3,(H,15,16)(H,17,18). The number of amides is 1. The average molecular weight is 255 g/mol. The zero-order valence-electron chi connectivity index (χ0n) is 11.8. The molecule has 1 saturated carbocycles. The summed E-state index contributed by atoms with van der Waals surface area (Å²) >= 11 is 0.